The monoisotopic (exact) mass is 643 g/mol. The molecule has 6 rings (SSSR count). The first-order chi connectivity index (χ1) is 20.3. The van der Waals surface area contributed by atoms with Gasteiger partial charge in [-0.25, -0.2) is 19.9 Å². The minimum atomic E-state index is -0.732. The number of nitrogens with zero attached hydrogens (tertiary/aromatic N) is 7. The molecule has 1 fully saturated rings. The van der Waals surface area contributed by atoms with E-state index in [0.717, 1.165) is 55.7 Å². The third-order valence-corrected chi connectivity index (χ3v) is 8.26. The molecule has 5 heterocycles. The second-order valence-electron chi connectivity index (χ2n) is 10.9. The zero-order chi connectivity index (χ0) is 29.2. The average Bonchev–Trinajstić information content (AvgIpc) is 3.33. The maximum atomic E-state index is 11.1. The van der Waals surface area contributed by atoms with Crippen LogP contribution in [-0.2, 0) is 31.4 Å². The molecule has 0 unspecified atom stereocenters. The van der Waals surface area contributed by atoms with Crippen LogP contribution in [0.25, 0.3) is 11.3 Å². The maximum Gasteiger partial charge on any atom is 0.303 e. The number of pyridine rings is 1. The molecule has 0 bridgehead atoms. The van der Waals surface area contributed by atoms with Crippen LogP contribution in [0.2, 0.25) is 10.0 Å². The highest BCUT2D eigenvalue weighted by Gasteiger charge is 2.23. The average molecular weight is 645 g/mol. The molecule has 3 aromatic heterocycles. The first-order valence-electron chi connectivity index (χ1n) is 13.9. The Morgan fingerprint density at radius 2 is 1.74 bits per heavy atom. The van der Waals surface area contributed by atoms with E-state index in [2.05, 4.69) is 29.3 Å². The van der Waals surface area contributed by atoms with E-state index in [1.807, 2.05) is 37.6 Å². The number of carbonyl (C=O) groups is 1. The number of imidazole rings is 1. The Morgan fingerprint density at radius 1 is 1.02 bits per heavy atom. The molecule has 0 spiro atoms. The van der Waals surface area contributed by atoms with Gasteiger partial charge in [-0.15, -0.1) is 12.4 Å². The summed E-state index contributed by atoms with van der Waals surface area (Å²) in [4.78, 5) is 34.0. The fourth-order valence-corrected chi connectivity index (χ4v) is 6.21. The predicted octanol–water partition coefficient (Wildman–Crippen LogP) is 6.04. The summed E-state index contributed by atoms with van der Waals surface area (Å²) in [5.41, 5.74) is 4.78. The molecule has 1 aromatic carbocycles. The van der Waals surface area contributed by atoms with E-state index in [1.165, 1.54) is 5.69 Å². The van der Waals surface area contributed by atoms with Gasteiger partial charge < -0.3 is 19.3 Å². The lowest BCUT2D eigenvalue weighted by molar-refractivity contribution is -0.138. The molecule has 4 aromatic rings. The fourth-order valence-electron chi connectivity index (χ4n) is 5.68. The number of carboxylic acids is 1. The Labute approximate surface area is 266 Å². The molecule has 0 atom stereocenters. The van der Waals surface area contributed by atoms with Crippen LogP contribution in [0.1, 0.15) is 36.2 Å². The highest BCUT2D eigenvalue weighted by Crippen LogP contribution is 2.31. The molecule has 0 saturated carbocycles. The van der Waals surface area contributed by atoms with Gasteiger partial charge in [0.1, 0.15) is 0 Å². The molecule has 0 aliphatic carbocycles. The number of fused-ring (bicyclic) bond motifs is 1. The smallest absolute Gasteiger partial charge is 0.303 e. The minimum absolute atomic E-state index is 0. The molecule has 0 amide bonds. The Balaban J connectivity index is 0.00000368. The molecule has 226 valence electrons. The van der Waals surface area contributed by atoms with Crippen LogP contribution in [0.4, 0.5) is 5.95 Å². The third kappa shape index (κ3) is 7.56. The number of halogens is 3. The molecule has 43 heavy (non-hydrogen) atoms. The van der Waals surface area contributed by atoms with Crippen molar-refractivity contribution in [1.82, 2.24) is 29.4 Å². The van der Waals surface area contributed by atoms with E-state index >= 15 is 0 Å². The number of aliphatic carboxylic acids is 1. The Bertz CT molecular complexity index is 1570. The van der Waals surface area contributed by atoms with E-state index in [0.29, 0.717) is 46.4 Å². The van der Waals surface area contributed by atoms with Gasteiger partial charge in [-0.1, -0.05) is 23.2 Å². The van der Waals surface area contributed by atoms with Crippen molar-refractivity contribution < 1.29 is 14.6 Å². The molecule has 2 aliphatic rings. The molecular weight excluding hydrogens is 613 g/mol. The topological polar surface area (TPSA) is 110 Å². The maximum absolute atomic E-state index is 11.1. The largest absolute Gasteiger partial charge is 0.481 e. The Kier molecular flexibility index (Phi) is 9.71. The van der Waals surface area contributed by atoms with E-state index < -0.39 is 5.97 Å². The number of aryl methyl sites for hydroxylation is 1. The number of likely N-dealkylation sites (tertiary alicyclic amines) is 1. The summed E-state index contributed by atoms with van der Waals surface area (Å²) in [6.07, 6.45) is 8.00. The normalized spacial score (nSPS) is 15.6. The van der Waals surface area contributed by atoms with E-state index in [1.54, 1.807) is 18.5 Å². The summed E-state index contributed by atoms with van der Waals surface area (Å²) in [5.74, 6) is 0.999. The minimum Gasteiger partial charge on any atom is -0.481 e. The number of hydrogen-bond acceptors (Lipinski definition) is 8. The van der Waals surface area contributed by atoms with Crippen LogP contribution in [-0.4, -0.2) is 60.1 Å². The number of aromatic nitrogens is 5. The number of anilines is 1. The molecule has 13 heteroatoms. The highest BCUT2D eigenvalue weighted by atomic mass is 35.5. The number of piperidine rings is 1. The fraction of sp³-hybridized carbons (Fsp3) is 0.367. The molecular formula is C30H32Cl3N7O3. The van der Waals surface area contributed by atoms with Crippen molar-refractivity contribution in [3.63, 3.8) is 0 Å². The zero-order valence-electron chi connectivity index (χ0n) is 23.6. The highest BCUT2D eigenvalue weighted by molar-refractivity contribution is 6.35. The molecule has 1 N–H and O–H groups in total. The molecule has 10 nitrogen and oxygen atoms in total. The van der Waals surface area contributed by atoms with Gasteiger partial charge >= 0.3 is 5.97 Å². The predicted molar refractivity (Wildman–Crippen MR) is 167 cm³/mol. The quantitative estimate of drug-likeness (QED) is 0.245. The van der Waals surface area contributed by atoms with Crippen LogP contribution in [0, 0.1) is 5.92 Å². The zero-order valence-corrected chi connectivity index (χ0v) is 25.9. The third-order valence-electron chi connectivity index (χ3n) is 7.82. The number of rotatable bonds is 8. The van der Waals surface area contributed by atoms with Crippen molar-refractivity contribution >= 4 is 47.5 Å². The summed E-state index contributed by atoms with van der Waals surface area (Å²) in [7, 11) is 2.02. The second kappa shape index (κ2) is 13.5. The van der Waals surface area contributed by atoms with Crippen molar-refractivity contribution in [2.24, 2.45) is 13.0 Å². The lowest BCUT2D eigenvalue weighted by atomic mass is 9.93. The van der Waals surface area contributed by atoms with Crippen molar-refractivity contribution in [2.45, 2.75) is 38.8 Å². The van der Waals surface area contributed by atoms with Gasteiger partial charge in [-0.3, -0.25) is 9.69 Å². The number of hydrogen-bond donors (Lipinski definition) is 1. The summed E-state index contributed by atoms with van der Waals surface area (Å²) >= 11 is 12.6. The molecule has 2 aliphatic heterocycles. The van der Waals surface area contributed by atoms with Crippen LogP contribution in [0.15, 0.2) is 49.1 Å². The van der Waals surface area contributed by atoms with E-state index in [9.17, 15) is 4.79 Å². The van der Waals surface area contributed by atoms with E-state index in [-0.39, 0.29) is 24.7 Å². The van der Waals surface area contributed by atoms with Crippen molar-refractivity contribution in [1.29, 1.82) is 0 Å². The molecule has 0 radical (unpaired) electrons. The summed E-state index contributed by atoms with van der Waals surface area (Å²) in [6.45, 7) is 3.83. The number of benzene rings is 1. The first-order valence-corrected chi connectivity index (χ1v) is 14.7. The van der Waals surface area contributed by atoms with Gasteiger partial charge in [-0.05, 0) is 61.7 Å². The van der Waals surface area contributed by atoms with Gasteiger partial charge in [-0.2, -0.15) is 0 Å². The van der Waals surface area contributed by atoms with Crippen LogP contribution >= 0.6 is 35.6 Å². The van der Waals surface area contributed by atoms with Crippen LogP contribution < -0.4 is 9.64 Å². The van der Waals surface area contributed by atoms with Crippen LogP contribution in [0.5, 0.6) is 11.6 Å². The van der Waals surface area contributed by atoms with Crippen molar-refractivity contribution in [3.8, 4) is 22.9 Å². The van der Waals surface area contributed by atoms with E-state index in [4.69, 9.17) is 38.0 Å². The Morgan fingerprint density at radius 3 is 2.44 bits per heavy atom. The standard InChI is InChI=1S/C30H31Cl2N7O3.ClH/c1-37-18-35-26-17-39(7-4-27(26)37)30-33-14-24(15-34-30)42-28-9-20(16-38-5-2-19(3-6-38)10-29(40)41)8-25(36-28)21-11-22(31)13-23(32)12-21;/h8-9,11-15,18-19H,2-7,10,16-17H2,1H3,(H,40,41);1H. The van der Waals surface area contributed by atoms with Gasteiger partial charge in [0.05, 0.1) is 36.7 Å². The Hall–Kier alpha value is -3.44. The summed E-state index contributed by atoms with van der Waals surface area (Å²) < 4.78 is 8.24. The molecule has 1 saturated heterocycles. The van der Waals surface area contributed by atoms with Gasteiger partial charge in [0.15, 0.2) is 5.75 Å². The SMILES string of the molecule is Cl.Cn1cnc2c1CCN(c1ncc(Oc3cc(CN4CCC(CC(=O)O)CC4)cc(-c4cc(Cl)cc(Cl)c4)n3)cn1)C2. The van der Waals surface area contributed by atoms with Gasteiger partial charge in [0, 0.05) is 60.3 Å². The van der Waals surface area contributed by atoms with Crippen LogP contribution in [0.3, 0.4) is 0 Å². The number of carboxylic acid groups (broad SMARTS) is 1. The lowest BCUT2D eigenvalue weighted by Crippen LogP contribution is -2.33. The lowest BCUT2D eigenvalue weighted by Gasteiger charge is -2.31. The van der Waals surface area contributed by atoms with Crippen molar-refractivity contribution in [2.75, 3.05) is 24.5 Å². The van der Waals surface area contributed by atoms with Gasteiger partial charge in [0.25, 0.3) is 0 Å². The van der Waals surface area contributed by atoms with Crippen molar-refractivity contribution in [3.05, 3.63) is 76.0 Å². The van der Waals surface area contributed by atoms with Gasteiger partial charge in [0.2, 0.25) is 11.8 Å². The number of ether oxygens (including phenoxy) is 1. The first kappa shape index (κ1) is 31.0. The summed E-state index contributed by atoms with van der Waals surface area (Å²) in [6, 6.07) is 9.26. The second-order valence-corrected chi connectivity index (χ2v) is 11.8. The summed E-state index contributed by atoms with van der Waals surface area (Å²) in [5, 5.41) is 10.2.